The number of carbonyl (C=O) groups is 1. The first-order valence-corrected chi connectivity index (χ1v) is 11.7. The van der Waals surface area contributed by atoms with E-state index in [4.69, 9.17) is 4.74 Å². The number of hydrogen-bond donors (Lipinski definition) is 2. The number of anilines is 1. The van der Waals surface area contributed by atoms with E-state index in [1.54, 1.807) is 18.2 Å². The zero-order valence-corrected chi connectivity index (χ0v) is 17.9. The average molecular weight is 430 g/mol. The molecule has 2 N–H and O–H groups in total. The number of sulfonamides is 1. The molecule has 30 heavy (non-hydrogen) atoms. The van der Waals surface area contributed by atoms with Gasteiger partial charge in [-0.05, 0) is 37.5 Å². The Labute approximate surface area is 177 Å². The smallest absolute Gasteiger partial charge is 0.243 e. The molecule has 0 aromatic heterocycles. The highest BCUT2D eigenvalue weighted by Gasteiger charge is 2.29. The zero-order valence-electron chi connectivity index (χ0n) is 17.1. The van der Waals surface area contributed by atoms with Crippen molar-refractivity contribution in [1.29, 1.82) is 0 Å². The molecule has 8 heteroatoms. The second-order valence-corrected chi connectivity index (χ2v) is 9.83. The lowest BCUT2D eigenvalue weighted by Gasteiger charge is -2.28. The van der Waals surface area contributed by atoms with E-state index in [2.05, 4.69) is 10.6 Å². The van der Waals surface area contributed by atoms with Gasteiger partial charge in [0.1, 0.15) is 12.4 Å². The Morgan fingerprint density at radius 2 is 1.90 bits per heavy atom. The number of ether oxygens (including phenoxy) is 1. The minimum absolute atomic E-state index is 0.0617. The fourth-order valence-electron chi connectivity index (χ4n) is 3.74. The molecule has 0 radical (unpaired) electrons. The van der Waals surface area contributed by atoms with Gasteiger partial charge in [0.25, 0.3) is 0 Å². The van der Waals surface area contributed by atoms with E-state index >= 15 is 0 Å². The number of hydrogen-bond acceptors (Lipinski definition) is 5. The first kappa shape index (κ1) is 20.7. The fraction of sp³-hybridized carbons (Fsp3) is 0.409. The lowest BCUT2D eigenvalue weighted by Crippen LogP contribution is -2.37. The van der Waals surface area contributed by atoms with Crippen molar-refractivity contribution in [1.82, 2.24) is 9.62 Å². The van der Waals surface area contributed by atoms with Crippen LogP contribution in [0.2, 0.25) is 0 Å². The summed E-state index contributed by atoms with van der Waals surface area (Å²) in [5.41, 5.74) is 2.94. The van der Waals surface area contributed by atoms with Crippen molar-refractivity contribution in [3.05, 3.63) is 53.6 Å². The number of rotatable bonds is 6. The maximum absolute atomic E-state index is 12.7. The van der Waals surface area contributed by atoms with Gasteiger partial charge >= 0.3 is 0 Å². The first-order chi connectivity index (χ1) is 14.4. The molecule has 2 aromatic rings. The zero-order chi connectivity index (χ0) is 21.1. The summed E-state index contributed by atoms with van der Waals surface area (Å²) in [7, 11) is -3.48. The van der Waals surface area contributed by atoms with E-state index in [-0.39, 0.29) is 23.3 Å². The van der Waals surface area contributed by atoms with Crippen molar-refractivity contribution < 1.29 is 17.9 Å². The normalized spacial score (nSPS) is 18.9. The summed E-state index contributed by atoms with van der Waals surface area (Å²) in [6, 6.07) is 12.8. The first-order valence-electron chi connectivity index (χ1n) is 10.3. The number of carbonyl (C=O) groups excluding carboxylic acids is 1. The van der Waals surface area contributed by atoms with Crippen LogP contribution in [0.25, 0.3) is 0 Å². The Morgan fingerprint density at radius 3 is 2.63 bits per heavy atom. The van der Waals surface area contributed by atoms with Crippen LogP contribution in [0.1, 0.15) is 30.4 Å². The highest BCUT2D eigenvalue weighted by Crippen LogP contribution is 2.33. The van der Waals surface area contributed by atoms with Gasteiger partial charge in [0.2, 0.25) is 15.9 Å². The molecule has 1 atom stereocenters. The van der Waals surface area contributed by atoms with Crippen LogP contribution in [-0.2, 0) is 21.4 Å². The van der Waals surface area contributed by atoms with Gasteiger partial charge in [0, 0.05) is 25.7 Å². The molecule has 2 heterocycles. The van der Waals surface area contributed by atoms with Gasteiger partial charge in [0.15, 0.2) is 0 Å². The van der Waals surface area contributed by atoms with E-state index in [1.165, 1.54) is 9.87 Å². The summed E-state index contributed by atoms with van der Waals surface area (Å²) >= 11 is 0. The minimum Gasteiger partial charge on any atom is -0.489 e. The van der Waals surface area contributed by atoms with E-state index in [1.807, 2.05) is 31.2 Å². The van der Waals surface area contributed by atoms with Crippen molar-refractivity contribution in [2.45, 2.75) is 43.7 Å². The van der Waals surface area contributed by atoms with E-state index in [9.17, 15) is 13.2 Å². The molecule has 2 aliphatic rings. The van der Waals surface area contributed by atoms with Crippen LogP contribution >= 0.6 is 0 Å². The van der Waals surface area contributed by atoms with Crippen LogP contribution in [0, 0.1) is 6.92 Å². The van der Waals surface area contributed by atoms with Crippen molar-refractivity contribution in [2.75, 3.05) is 25.0 Å². The molecular formula is C22H27N3O4S. The molecular weight excluding hydrogens is 402 g/mol. The summed E-state index contributed by atoms with van der Waals surface area (Å²) in [6.45, 7) is 3.95. The van der Waals surface area contributed by atoms with Gasteiger partial charge in [-0.2, -0.15) is 4.31 Å². The lowest BCUT2D eigenvalue weighted by molar-refractivity contribution is -0.121. The van der Waals surface area contributed by atoms with Crippen LogP contribution in [0.15, 0.2) is 47.4 Å². The molecule has 4 rings (SSSR count). The second kappa shape index (κ2) is 8.65. The molecule has 2 aromatic carbocycles. The van der Waals surface area contributed by atoms with Gasteiger partial charge in [-0.1, -0.05) is 29.8 Å². The molecule has 0 saturated carbocycles. The molecule has 2 aliphatic heterocycles. The maximum atomic E-state index is 12.7. The largest absolute Gasteiger partial charge is 0.489 e. The lowest BCUT2D eigenvalue weighted by atomic mass is 10.1. The molecule has 1 saturated heterocycles. The average Bonchev–Trinajstić information content (AvgIpc) is 3.29. The van der Waals surface area contributed by atoms with Crippen LogP contribution in [0.5, 0.6) is 5.75 Å². The molecule has 1 amide bonds. The molecule has 7 nitrogen and oxygen atoms in total. The van der Waals surface area contributed by atoms with Crippen molar-refractivity contribution in [3.8, 4) is 5.75 Å². The molecule has 0 bridgehead atoms. The Morgan fingerprint density at radius 1 is 1.17 bits per heavy atom. The van der Waals surface area contributed by atoms with E-state index < -0.39 is 10.0 Å². The monoisotopic (exact) mass is 429 g/mol. The predicted molar refractivity (Wildman–Crippen MR) is 115 cm³/mol. The SMILES string of the molecule is Cc1ccc(CNC(=O)C[C@@H]2COc3cc(S(=O)(=O)N4CCCC4)ccc3N2)cc1. The van der Waals surface area contributed by atoms with Gasteiger partial charge in [0.05, 0.1) is 23.0 Å². The second-order valence-electron chi connectivity index (χ2n) is 7.89. The summed E-state index contributed by atoms with van der Waals surface area (Å²) in [6.07, 6.45) is 2.07. The standard InChI is InChI=1S/C22H27N3O4S/c1-16-4-6-17(7-5-16)14-23-22(26)12-18-15-29-21-13-19(8-9-20(21)24-18)30(27,28)25-10-2-3-11-25/h4-9,13,18,24H,2-3,10-12,14-15H2,1H3,(H,23,26)/t18-/m1/s1. The Hall–Kier alpha value is -2.58. The summed E-state index contributed by atoms with van der Waals surface area (Å²) in [5, 5.41) is 6.22. The highest BCUT2D eigenvalue weighted by atomic mass is 32.2. The summed E-state index contributed by atoms with van der Waals surface area (Å²) in [5.74, 6) is 0.444. The number of fused-ring (bicyclic) bond motifs is 1. The quantitative estimate of drug-likeness (QED) is 0.737. The van der Waals surface area contributed by atoms with Crippen molar-refractivity contribution in [2.24, 2.45) is 0 Å². The maximum Gasteiger partial charge on any atom is 0.243 e. The number of amides is 1. The topological polar surface area (TPSA) is 87.7 Å². The summed E-state index contributed by atoms with van der Waals surface area (Å²) < 4.78 is 32.8. The van der Waals surface area contributed by atoms with E-state index in [0.29, 0.717) is 37.7 Å². The summed E-state index contributed by atoms with van der Waals surface area (Å²) in [4.78, 5) is 12.6. The Bertz CT molecular complexity index is 1020. The number of nitrogens with zero attached hydrogens (tertiary/aromatic N) is 1. The fourth-order valence-corrected chi connectivity index (χ4v) is 5.28. The third-order valence-electron chi connectivity index (χ3n) is 5.50. The van der Waals surface area contributed by atoms with Gasteiger partial charge in [-0.15, -0.1) is 0 Å². The number of nitrogens with one attached hydrogen (secondary N) is 2. The minimum atomic E-state index is -3.48. The van der Waals surface area contributed by atoms with Crippen LogP contribution in [-0.4, -0.2) is 44.4 Å². The third-order valence-corrected chi connectivity index (χ3v) is 7.39. The highest BCUT2D eigenvalue weighted by molar-refractivity contribution is 7.89. The third kappa shape index (κ3) is 4.60. The van der Waals surface area contributed by atoms with Crippen LogP contribution in [0.4, 0.5) is 5.69 Å². The molecule has 0 unspecified atom stereocenters. The van der Waals surface area contributed by atoms with Crippen LogP contribution in [0.3, 0.4) is 0 Å². The van der Waals surface area contributed by atoms with Gasteiger partial charge in [-0.3, -0.25) is 4.79 Å². The van der Waals surface area contributed by atoms with Gasteiger partial charge in [-0.25, -0.2) is 8.42 Å². The van der Waals surface area contributed by atoms with Gasteiger partial charge < -0.3 is 15.4 Å². The number of aryl methyl sites for hydroxylation is 1. The van der Waals surface area contributed by atoms with Crippen LogP contribution < -0.4 is 15.4 Å². The molecule has 1 fully saturated rings. The van der Waals surface area contributed by atoms with Crippen molar-refractivity contribution in [3.63, 3.8) is 0 Å². The molecule has 160 valence electrons. The van der Waals surface area contributed by atoms with Crippen molar-refractivity contribution >= 4 is 21.6 Å². The Balaban J connectivity index is 1.34. The van der Waals surface area contributed by atoms with E-state index in [0.717, 1.165) is 18.4 Å². The Kier molecular flexibility index (Phi) is 5.97. The molecule has 0 spiro atoms. The predicted octanol–water partition coefficient (Wildman–Crippen LogP) is 2.66. The number of benzene rings is 2. The molecule has 0 aliphatic carbocycles.